The van der Waals surface area contributed by atoms with E-state index in [0.717, 1.165) is 19.4 Å². The van der Waals surface area contributed by atoms with Crippen molar-refractivity contribution in [3.8, 4) is 0 Å². The summed E-state index contributed by atoms with van der Waals surface area (Å²) in [5.41, 5.74) is 0. The monoisotopic (exact) mass is 183 g/mol. The first-order chi connectivity index (χ1) is 6.29. The quantitative estimate of drug-likeness (QED) is 0.643. The van der Waals surface area contributed by atoms with E-state index in [0.29, 0.717) is 12.0 Å². The van der Waals surface area contributed by atoms with Crippen molar-refractivity contribution in [2.75, 3.05) is 6.54 Å². The molecule has 0 aromatic carbocycles. The molecule has 0 unspecified atom stereocenters. The fraction of sp³-hybridized carbons (Fsp3) is 0.900. The molecule has 1 aliphatic heterocycles. The van der Waals surface area contributed by atoms with Crippen LogP contribution in [-0.2, 0) is 4.79 Å². The molecule has 2 aliphatic rings. The van der Waals surface area contributed by atoms with Crippen molar-refractivity contribution in [3.63, 3.8) is 0 Å². The highest BCUT2D eigenvalue weighted by atomic mass is 16.4. The average molecular weight is 183 g/mol. The zero-order chi connectivity index (χ0) is 9.26. The number of rotatable bonds is 1. The molecule has 1 saturated heterocycles. The first-order valence-corrected chi connectivity index (χ1v) is 5.25. The number of nitrogens with one attached hydrogen (secondary N) is 1. The molecule has 0 aromatic heterocycles. The highest BCUT2D eigenvalue weighted by Gasteiger charge is 2.38. The van der Waals surface area contributed by atoms with Crippen molar-refractivity contribution in [1.29, 1.82) is 0 Å². The van der Waals surface area contributed by atoms with Gasteiger partial charge in [-0.15, -0.1) is 0 Å². The maximum absolute atomic E-state index is 11.0. The van der Waals surface area contributed by atoms with Crippen molar-refractivity contribution in [3.05, 3.63) is 0 Å². The summed E-state index contributed by atoms with van der Waals surface area (Å²) in [4.78, 5) is 11.0. The highest BCUT2D eigenvalue weighted by Crippen LogP contribution is 2.34. The fourth-order valence-corrected chi connectivity index (χ4v) is 2.84. The van der Waals surface area contributed by atoms with Crippen LogP contribution in [0.5, 0.6) is 0 Å². The summed E-state index contributed by atoms with van der Waals surface area (Å²) >= 11 is 0. The van der Waals surface area contributed by atoms with Gasteiger partial charge in [0.2, 0.25) is 0 Å². The van der Waals surface area contributed by atoms with Crippen molar-refractivity contribution in [1.82, 2.24) is 5.32 Å². The number of piperidine rings is 1. The molecule has 0 spiro atoms. The average Bonchev–Trinajstić information content (AvgIpc) is 2.17. The van der Waals surface area contributed by atoms with E-state index in [4.69, 9.17) is 5.11 Å². The smallest absolute Gasteiger partial charge is 0.306 e. The molecule has 3 atom stereocenters. The molecular weight excluding hydrogens is 166 g/mol. The zero-order valence-electron chi connectivity index (χ0n) is 7.83. The third-order valence-corrected chi connectivity index (χ3v) is 3.52. The Hall–Kier alpha value is -0.570. The van der Waals surface area contributed by atoms with Crippen molar-refractivity contribution >= 4 is 5.97 Å². The van der Waals surface area contributed by atoms with Crippen LogP contribution in [0.15, 0.2) is 0 Å². The van der Waals surface area contributed by atoms with E-state index in [9.17, 15) is 4.79 Å². The zero-order valence-corrected chi connectivity index (χ0v) is 7.83. The number of carbonyl (C=O) groups is 1. The van der Waals surface area contributed by atoms with Gasteiger partial charge in [-0.25, -0.2) is 0 Å². The second kappa shape index (κ2) is 3.66. The van der Waals surface area contributed by atoms with Crippen LogP contribution >= 0.6 is 0 Å². The second-order valence-electron chi connectivity index (χ2n) is 4.24. The molecule has 1 heterocycles. The minimum Gasteiger partial charge on any atom is -0.481 e. The molecule has 2 N–H and O–H groups in total. The molecule has 1 aliphatic carbocycles. The lowest BCUT2D eigenvalue weighted by Crippen LogP contribution is -2.49. The van der Waals surface area contributed by atoms with Crippen LogP contribution in [0, 0.1) is 11.8 Å². The van der Waals surface area contributed by atoms with Gasteiger partial charge in [0.05, 0.1) is 5.92 Å². The molecule has 0 aromatic rings. The van der Waals surface area contributed by atoms with Gasteiger partial charge in [0.1, 0.15) is 0 Å². The molecule has 2 rings (SSSR count). The summed E-state index contributed by atoms with van der Waals surface area (Å²) in [6.07, 6.45) is 5.58. The van der Waals surface area contributed by atoms with Gasteiger partial charge in [0.25, 0.3) is 0 Å². The highest BCUT2D eigenvalue weighted by molar-refractivity contribution is 5.70. The topological polar surface area (TPSA) is 49.3 Å². The normalized spacial score (nSPS) is 39.5. The molecule has 1 saturated carbocycles. The van der Waals surface area contributed by atoms with Gasteiger partial charge in [-0.05, 0) is 31.7 Å². The van der Waals surface area contributed by atoms with E-state index in [2.05, 4.69) is 5.32 Å². The van der Waals surface area contributed by atoms with Crippen LogP contribution in [-0.4, -0.2) is 23.7 Å². The molecule has 0 amide bonds. The largest absolute Gasteiger partial charge is 0.481 e. The molecule has 0 radical (unpaired) electrons. The SMILES string of the molecule is O=C(O)[C@H]1CCN[C@H]2CCCC[C@@H]21. The molecule has 2 fully saturated rings. The third-order valence-electron chi connectivity index (χ3n) is 3.52. The van der Waals surface area contributed by atoms with E-state index in [1.807, 2.05) is 0 Å². The summed E-state index contributed by atoms with van der Waals surface area (Å²) in [6.45, 7) is 0.887. The Morgan fingerprint density at radius 2 is 2.00 bits per heavy atom. The van der Waals surface area contributed by atoms with Gasteiger partial charge in [-0.3, -0.25) is 4.79 Å². The maximum atomic E-state index is 11.0. The van der Waals surface area contributed by atoms with Crippen LogP contribution in [0.3, 0.4) is 0 Å². The molecule has 3 heteroatoms. The Kier molecular flexibility index (Phi) is 2.54. The van der Waals surface area contributed by atoms with E-state index in [-0.39, 0.29) is 5.92 Å². The van der Waals surface area contributed by atoms with Gasteiger partial charge >= 0.3 is 5.97 Å². The van der Waals surface area contributed by atoms with E-state index < -0.39 is 5.97 Å². The fourth-order valence-electron chi connectivity index (χ4n) is 2.84. The van der Waals surface area contributed by atoms with Gasteiger partial charge < -0.3 is 10.4 Å². The van der Waals surface area contributed by atoms with E-state index in [1.165, 1.54) is 19.3 Å². The number of aliphatic carboxylic acids is 1. The van der Waals surface area contributed by atoms with Crippen LogP contribution in [0.2, 0.25) is 0 Å². The summed E-state index contributed by atoms with van der Waals surface area (Å²) < 4.78 is 0. The molecule has 0 bridgehead atoms. The van der Waals surface area contributed by atoms with Crippen molar-refractivity contribution < 1.29 is 9.90 Å². The maximum Gasteiger partial charge on any atom is 0.306 e. The Balaban J connectivity index is 2.06. The number of hydrogen-bond acceptors (Lipinski definition) is 2. The van der Waals surface area contributed by atoms with Gasteiger partial charge in [-0.1, -0.05) is 12.8 Å². The van der Waals surface area contributed by atoms with Crippen LogP contribution < -0.4 is 5.32 Å². The Morgan fingerprint density at radius 1 is 1.23 bits per heavy atom. The molecule has 3 nitrogen and oxygen atoms in total. The second-order valence-corrected chi connectivity index (χ2v) is 4.24. The predicted octanol–water partition coefficient (Wildman–Crippen LogP) is 1.24. The van der Waals surface area contributed by atoms with Crippen LogP contribution in [0.25, 0.3) is 0 Å². The summed E-state index contributed by atoms with van der Waals surface area (Å²) in [5.74, 6) is -0.259. The van der Waals surface area contributed by atoms with E-state index >= 15 is 0 Å². The number of carboxylic acid groups (broad SMARTS) is 1. The minimum atomic E-state index is -0.585. The van der Waals surface area contributed by atoms with Crippen molar-refractivity contribution in [2.24, 2.45) is 11.8 Å². The van der Waals surface area contributed by atoms with Gasteiger partial charge in [0, 0.05) is 6.04 Å². The van der Waals surface area contributed by atoms with Crippen LogP contribution in [0.1, 0.15) is 32.1 Å². The van der Waals surface area contributed by atoms with Gasteiger partial charge in [0.15, 0.2) is 0 Å². The van der Waals surface area contributed by atoms with E-state index in [1.54, 1.807) is 0 Å². The Bertz CT molecular complexity index is 203. The summed E-state index contributed by atoms with van der Waals surface area (Å²) in [6, 6.07) is 0.489. The number of carboxylic acids is 1. The molecule has 13 heavy (non-hydrogen) atoms. The Morgan fingerprint density at radius 3 is 2.77 bits per heavy atom. The number of hydrogen-bond donors (Lipinski definition) is 2. The number of fused-ring (bicyclic) bond motifs is 1. The third kappa shape index (κ3) is 1.70. The first kappa shape index (κ1) is 9.00. The predicted molar refractivity (Wildman–Crippen MR) is 49.5 cm³/mol. The van der Waals surface area contributed by atoms with Crippen molar-refractivity contribution in [2.45, 2.75) is 38.1 Å². The minimum absolute atomic E-state index is 0.0773. The Labute approximate surface area is 78.5 Å². The lowest BCUT2D eigenvalue weighted by molar-refractivity contribution is -0.145. The lowest BCUT2D eigenvalue weighted by atomic mass is 9.73. The molecular formula is C10H17NO2. The standard InChI is InChI=1S/C10H17NO2/c12-10(13)8-5-6-11-9-4-2-1-3-7(8)9/h7-9,11H,1-6H2,(H,12,13)/t7-,8+,9+/m1/s1. The summed E-state index contributed by atoms with van der Waals surface area (Å²) in [5, 5.41) is 12.5. The van der Waals surface area contributed by atoms with Crippen LogP contribution in [0.4, 0.5) is 0 Å². The van der Waals surface area contributed by atoms with Gasteiger partial charge in [-0.2, -0.15) is 0 Å². The molecule has 74 valence electrons. The first-order valence-electron chi connectivity index (χ1n) is 5.25. The lowest BCUT2D eigenvalue weighted by Gasteiger charge is -2.40. The summed E-state index contributed by atoms with van der Waals surface area (Å²) in [7, 11) is 0.